The maximum atomic E-state index is 12.7. The fourth-order valence-corrected chi connectivity index (χ4v) is 3.09. The molecule has 2 rings (SSSR count). The van der Waals surface area contributed by atoms with Gasteiger partial charge in [0.05, 0.1) is 12.2 Å². The van der Waals surface area contributed by atoms with Crippen LogP contribution in [0.2, 0.25) is 0 Å². The molecule has 0 aliphatic carbocycles. The number of aromatic nitrogens is 3. The van der Waals surface area contributed by atoms with Crippen LogP contribution < -0.4 is 5.32 Å². The molecule has 7 nitrogen and oxygen atoms in total. The maximum Gasteiger partial charge on any atom is 0.262 e. The Labute approximate surface area is 124 Å². The summed E-state index contributed by atoms with van der Waals surface area (Å²) in [6.45, 7) is 2.71. The number of rotatable bonds is 6. The molecule has 2 aromatic rings. The number of sulfonamides is 1. The normalized spacial score (nSPS) is 11.8. The van der Waals surface area contributed by atoms with Crippen molar-refractivity contribution in [2.24, 2.45) is 7.05 Å². The van der Waals surface area contributed by atoms with E-state index in [0.717, 1.165) is 0 Å². The van der Waals surface area contributed by atoms with Crippen molar-refractivity contribution in [2.75, 3.05) is 18.9 Å². The molecule has 0 spiro atoms. The van der Waals surface area contributed by atoms with Crippen molar-refractivity contribution in [2.45, 2.75) is 18.5 Å². The molecule has 0 atom stereocenters. The van der Waals surface area contributed by atoms with Gasteiger partial charge in [0.1, 0.15) is 5.82 Å². The lowest BCUT2D eigenvalue weighted by Crippen LogP contribution is -2.29. The minimum atomic E-state index is -3.68. The molecule has 2 aromatic heterocycles. The minimum absolute atomic E-state index is 0.0311. The lowest BCUT2D eigenvalue weighted by molar-refractivity contribution is 0.449. The van der Waals surface area contributed by atoms with E-state index in [0.29, 0.717) is 18.1 Å². The van der Waals surface area contributed by atoms with Gasteiger partial charge >= 0.3 is 0 Å². The topological polar surface area (TPSA) is 80.1 Å². The van der Waals surface area contributed by atoms with Gasteiger partial charge in [0.25, 0.3) is 10.0 Å². The number of aryl methyl sites for hydroxylation is 1. The van der Waals surface area contributed by atoms with E-state index in [1.165, 1.54) is 17.5 Å². The van der Waals surface area contributed by atoms with Gasteiger partial charge in [-0.3, -0.25) is 0 Å². The molecule has 0 saturated heterocycles. The number of nitrogens with zero attached hydrogens (tertiary/aromatic N) is 4. The highest BCUT2D eigenvalue weighted by Gasteiger charge is 2.26. The fourth-order valence-electron chi connectivity index (χ4n) is 1.90. The Bertz CT molecular complexity index is 711. The molecule has 114 valence electrons. The molecule has 0 saturated carbocycles. The van der Waals surface area contributed by atoms with Crippen molar-refractivity contribution in [1.82, 2.24) is 18.8 Å². The van der Waals surface area contributed by atoms with E-state index in [-0.39, 0.29) is 11.6 Å². The summed E-state index contributed by atoms with van der Waals surface area (Å²) in [5.41, 5.74) is 0.506. The highest BCUT2D eigenvalue weighted by Crippen LogP contribution is 2.22. The van der Waals surface area contributed by atoms with Gasteiger partial charge in [0.15, 0.2) is 5.03 Å². The monoisotopic (exact) mass is 309 g/mol. The second kappa shape index (κ2) is 6.23. The predicted octanol–water partition coefficient (Wildman–Crippen LogP) is 1.07. The van der Waals surface area contributed by atoms with Crippen LogP contribution in [0, 0.1) is 0 Å². The molecule has 0 aliphatic rings. The zero-order chi connectivity index (χ0) is 15.5. The summed E-state index contributed by atoms with van der Waals surface area (Å²) in [5, 5.41) is 3.05. The molecule has 0 bridgehead atoms. The molecule has 0 amide bonds. The summed E-state index contributed by atoms with van der Waals surface area (Å²) in [4.78, 5) is 8.16. The zero-order valence-corrected chi connectivity index (χ0v) is 13.1. The van der Waals surface area contributed by atoms with Crippen LogP contribution in [0.3, 0.4) is 0 Å². The summed E-state index contributed by atoms with van der Waals surface area (Å²) in [6.07, 6.45) is 4.89. The molecule has 0 unspecified atom stereocenters. The van der Waals surface area contributed by atoms with Crippen LogP contribution in [0.5, 0.6) is 0 Å². The first kappa shape index (κ1) is 15.5. The number of nitrogens with one attached hydrogen (secondary N) is 1. The third-order valence-electron chi connectivity index (χ3n) is 3.08. The number of pyridine rings is 1. The quantitative estimate of drug-likeness (QED) is 0.863. The molecule has 0 fully saturated rings. The molecule has 1 N–H and O–H groups in total. The van der Waals surface area contributed by atoms with E-state index in [4.69, 9.17) is 0 Å². The Morgan fingerprint density at radius 1 is 1.33 bits per heavy atom. The molecule has 8 heteroatoms. The summed E-state index contributed by atoms with van der Waals surface area (Å²) >= 11 is 0. The van der Waals surface area contributed by atoms with Crippen LogP contribution in [0.4, 0.5) is 5.69 Å². The highest BCUT2D eigenvalue weighted by molar-refractivity contribution is 7.89. The maximum absolute atomic E-state index is 12.7. The van der Waals surface area contributed by atoms with Gasteiger partial charge < -0.3 is 9.88 Å². The Kier molecular flexibility index (Phi) is 4.59. The van der Waals surface area contributed by atoms with Crippen LogP contribution in [0.25, 0.3) is 0 Å². The van der Waals surface area contributed by atoms with Gasteiger partial charge in [0.2, 0.25) is 0 Å². The van der Waals surface area contributed by atoms with Gasteiger partial charge in [-0.2, -0.15) is 4.31 Å². The van der Waals surface area contributed by atoms with E-state index < -0.39 is 10.0 Å². The molecule has 0 radical (unpaired) electrons. The molecule has 0 aliphatic heterocycles. The van der Waals surface area contributed by atoms with Crippen molar-refractivity contribution in [1.29, 1.82) is 0 Å². The average Bonchev–Trinajstić information content (AvgIpc) is 2.85. The van der Waals surface area contributed by atoms with Crippen molar-refractivity contribution in [3.05, 3.63) is 36.5 Å². The fraction of sp³-hybridized carbons (Fsp3) is 0.385. The highest BCUT2D eigenvalue weighted by atomic mass is 32.2. The smallest absolute Gasteiger partial charge is 0.262 e. The Balaban J connectivity index is 2.31. The van der Waals surface area contributed by atoms with Crippen LogP contribution in [-0.2, 0) is 23.6 Å². The molecular formula is C13H19N5O2S. The van der Waals surface area contributed by atoms with Gasteiger partial charge in [-0.05, 0) is 19.1 Å². The van der Waals surface area contributed by atoms with Crippen LogP contribution in [0.1, 0.15) is 12.7 Å². The minimum Gasteiger partial charge on any atom is -0.383 e. The third-order valence-corrected chi connectivity index (χ3v) is 4.84. The predicted molar refractivity (Wildman–Crippen MR) is 80.3 cm³/mol. The van der Waals surface area contributed by atoms with Crippen LogP contribution in [0.15, 0.2) is 35.7 Å². The van der Waals surface area contributed by atoms with Crippen molar-refractivity contribution < 1.29 is 8.42 Å². The van der Waals surface area contributed by atoms with Gasteiger partial charge in [0, 0.05) is 39.2 Å². The lowest BCUT2D eigenvalue weighted by Gasteiger charge is -2.18. The van der Waals surface area contributed by atoms with Crippen LogP contribution >= 0.6 is 0 Å². The van der Waals surface area contributed by atoms with Gasteiger partial charge in [-0.1, -0.05) is 0 Å². The standard InChI is InChI=1S/C13H19N5O2S/c1-4-14-11-6-5-7-16-13(11)21(19,20)18(3)10-12-15-8-9-17(12)2/h5-9,14H,4,10H2,1-3H3. The third kappa shape index (κ3) is 3.22. The Morgan fingerprint density at radius 3 is 2.71 bits per heavy atom. The van der Waals surface area contributed by atoms with Crippen molar-refractivity contribution in [3.63, 3.8) is 0 Å². The van der Waals surface area contributed by atoms with E-state index in [1.807, 2.05) is 14.0 Å². The second-order valence-corrected chi connectivity index (χ2v) is 6.56. The summed E-state index contributed by atoms with van der Waals surface area (Å²) < 4.78 is 28.3. The molecule has 0 aromatic carbocycles. The summed E-state index contributed by atoms with van der Waals surface area (Å²) in [5.74, 6) is 0.669. The SMILES string of the molecule is CCNc1cccnc1S(=O)(=O)N(C)Cc1nccn1C. The number of imidazole rings is 1. The van der Waals surface area contributed by atoms with E-state index in [9.17, 15) is 8.42 Å². The number of hydrogen-bond acceptors (Lipinski definition) is 5. The number of hydrogen-bond donors (Lipinski definition) is 1. The average molecular weight is 309 g/mol. The van der Waals surface area contributed by atoms with E-state index in [2.05, 4.69) is 15.3 Å². The lowest BCUT2D eigenvalue weighted by atomic mass is 10.4. The number of anilines is 1. The Hall–Kier alpha value is -1.93. The first-order valence-electron chi connectivity index (χ1n) is 6.58. The molecule has 2 heterocycles. The summed E-state index contributed by atoms with van der Waals surface area (Å²) in [6, 6.07) is 3.41. The molecular weight excluding hydrogens is 290 g/mol. The van der Waals surface area contributed by atoms with E-state index >= 15 is 0 Å². The van der Waals surface area contributed by atoms with Crippen molar-refractivity contribution in [3.8, 4) is 0 Å². The Morgan fingerprint density at radius 2 is 2.10 bits per heavy atom. The zero-order valence-electron chi connectivity index (χ0n) is 12.3. The largest absolute Gasteiger partial charge is 0.383 e. The first-order valence-corrected chi connectivity index (χ1v) is 8.02. The van der Waals surface area contributed by atoms with Crippen molar-refractivity contribution >= 4 is 15.7 Å². The van der Waals surface area contributed by atoms with E-state index in [1.54, 1.807) is 29.1 Å². The second-order valence-electron chi connectivity index (χ2n) is 4.60. The van der Waals surface area contributed by atoms with Gasteiger partial charge in [-0.25, -0.2) is 18.4 Å². The van der Waals surface area contributed by atoms with Crippen LogP contribution in [-0.4, -0.2) is 40.9 Å². The summed E-state index contributed by atoms with van der Waals surface area (Å²) in [7, 11) is -0.329. The first-order chi connectivity index (χ1) is 9.96. The molecule has 21 heavy (non-hydrogen) atoms. The van der Waals surface area contributed by atoms with Gasteiger partial charge in [-0.15, -0.1) is 0 Å².